The van der Waals surface area contributed by atoms with Crippen molar-refractivity contribution in [2.24, 2.45) is 0 Å². The van der Waals surface area contributed by atoms with Gasteiger partial charge in [-0.25, -0.2) is 8.42 Å². The molecule has 136 valence electrons. The second-order valence-electron chi connectivity index (χ2n) is 5.77. The Morgan fingerprint density at radius 2 is 1.92 bits per heavy atom. The van der Waals surface area contributed by atoms with E-state index < -0.39 is 40.3 Å². The first-order valence-corrected chi connectivity index (χ1v) is 9.55. The van der Waals surface area contributed by atoms with Crippen molar-refractivity contribution in [1.82, 2.24) is 10.2 Å². The molecule has 1 fully saturated rings. The zero-order valence-corrected chi connectivity index (χ0v) is 14.6. The van der Waals surface area contributed by atoms with E-state index in [1.54, 1.807) is 30.3 Å². The number of nitrogens with zero attached hydrogens (tertiary/aromatic N) is 1. The molecule has 0 radical (unpaired) electrons. The van der Waals surface area contributed by atoms with E-state index in [0.717, 1.165) is 0 Å². The summed E-state index contributed by atoms with van der Waals surface area (Å²) in [4.78, 5) is 36.7. The fraction of sp³-hybridized carbons (Fsp3) is 0.438. The van der Waals surface area contributed by atoms with Gasteiger partial charge in [-0.1, -0.05) is 18.2 Å². The predicted molar refractivity (Wildman–Crippen MR) is 89.6 cm³/mol. The first-order valence-electron chi connectivity index (χ1n) is 7.73. The minimum atomic E-state index is -3.10. The third-order valence-electron chi connectivity index (χ3n) is 3.94. The van der Waals surface area contributed by atoms with E-state index >= 15 is 0 Å². The zero-order valence-electron chi connectivity index (χ0n) is 13.8. The van der Waals surface area contributed by atoms with Crippen LogP contribution in [0, 0.1) is 0 Å². The monoisotopic (exact) mass is 368 g/mol. The summed E-state index contributed by atoms with van der Waals surface area (Å²) in [5, 5.41) is 2.40. The largest absolute Gasteiger partial charge is 0.454 e. The molecule has 0 unspecified atom stereocenters. The van der Waals surface area contributed by atoms with Crippen molar-refractivity contribution in [2.75, 3.05) is 31.7 Å². The van der Waals surface area contributed by atoms with Crippen LogP contribution in [0.3, 0.4) is 0 Å². The molecular formula is C16H20N2O6S. The zero-order chi connectivity index (χ0) is 18.4. The van der Waals surface area contributed by atoms with Crippen LogP contribution < -0.4 is 5.32 Å². The van der Waals surface area contributed by atoms with Gasteiger partial charge < -0.3 is 15.0 Å². The lowest BCUT2D eigenvalue weighted by molar-refractivity contribution is -0.151. The van der Waals surface area contributed by atoms with E-state index in [-0.39, 0.29) is 18.1 Å². The Kier molecular flexibility index (Phi) is 6.13. The van der Waals surface area contributed by atoms with Gasteiger partial charge in [-0.3, -0.25) is 14.4 Å². The summed E-state index contributed by atoms with van der Waals surface area (Å²) in [7, 11) is -1.61. The quantitative estimate of drug-likeness (QED) is 0.685. The number of nitrogens with one attached hydrogen (secondary N) is 1. The number of amides is 2. The molecule has 1 aromatic rings. The maximum atomic E-state index is 12.0. The van der Waals surface area contributed by atoms with Crippen molar-refractivity contribution < 1.29 is 27.5 Å². The summed E-state index contributed by atoms with van der Waals surface area (Å²) in [6.45, 7) is -0.852. The number of benzene rings is 1. The molecular weight excluding hydrogens is 348 g/mol. The van der Waals surface area contributed by atoms with Crippen molar-refractivity contribution in [2.45, 2.75) is 12.5 Å². The smallest absolute Gasteiger partial charge is 0.325 e. The molecule has 0 bridgehead atoms. The molecule has 2 amide bonds. The minimum Gasteiger partial charge on any atom is -0.454 e. The van der Waals surface area contributed by atoms with E-state index in [1.807, 2.05) is 0 Å². The lowest BCUT2D eigenvalue weighted by atomic mass is 10.2. The van der Waals surface area contributed by atoms with Crippen LogP contribution in [-0.4, -0.2) is 68.8 Å². The summed E-state index contributed by atoms with van der Waals surface area (Å²) in [6.07, 6.45) is 0.381. The van der Waals surface area contributed by atoms with Crippen LogP contribution in [-0.2, 0) is 24.2 Å². The standard InChI is InChI=1S/C16H20N2O6S/c1-18(13-7-8-25(22,23)11-13)14(19)10-24-15(20)9-17-16(21)12-5-3-2-4-6-12/h2-6,13H,7-11H2,1H3,(H,17,21)/t13-/m0/s1. The highest BCUT2D eigenvalue weighted by molar-refractivity contribution is 7.91. The van der Waals surface area contributed by atoms with Crippen molar-refractivity contribution in [1.29, 1.82) is 0 Å². The van der Waals surface area contributed by atoms with Gasteiger partial charge in [0.15, 0.2) is 16.4 Å². The molecule has 1 heterocycles. The van der Waals surface area contributed by atoms with Gasteiger partial charge in [0, 0.05) is 18.7 Å². The fourth-order valence-corrected chi connectivity index (χ4v) is 4.20. The second-order valence-corrected chi connectivity index (χ2v) is 8.00. The van der Waals surface area contributed by atoms with Gasteiger partial charge in [0.05, 0.1) is 11.5 Å². The Labute approximate surface area is 146 Å². The number of hydrogen-bond donors (Lipinski definition) is 1. The lowest BCUT2D eigenvalue weighted by Crippen LogP contribution is -2.41. The molecule has 2 rings (SSSR count). The van der Waals surface area contributed by atoms with Crippen molar-refractivity contribution >= 4 is 27.6 Å². The molecule has 9 heteroatoms. The molecule has 1 aliphatic rings. The number of carbonyl (C=O) groups is 3. The molecule has 1 saturated heterocycles. The summed E-state index contributed by atoms with van der Waals surface area (Å²) in [5.41, 5.74) is 0.411. The Morgan fingerprint density at radius 1 is 1.24 bits per heavy atom. The summed E-state index contributed by atoms with van der Waals surface area (Å²) >= 11 is 0. The van der Waals surface area contributed by atoms with E-state index in [0.29, 0.717) is 12.0 Å². The Morgan fingerprint density at radius 3 is 2.52 bits per heavy atom. The van der Waals surface area contributed by atoms with Gasteiger partial charge in [-0.05, 0) is 18.6 Å². The molecule has 1 aromatic carbocycles. The van der Waals surface area contributed by atoms with Crippen LogP contribution in [0.1, 0.15) is 16.8 Å². The summed E-state index contributed by atoms with van der Waals surface area (Å²) in [6, 6.07) is 7.98. The van der Waals surface area contributed by atoms with Crippen LogP contribution in [0.2, 0.25) is 0 Å². The molecule has 0 spiro atoms. The number of hydrogen-bond acceptors (Lipinski definition) is 6. The van der Waals surface area contributed by atoms with Gasteiger partial charge in [-0.2, -0.15) is 0 Å². The first kappa shape index (κ1) is 18.9. The minimum absolute atomic E-state index is 0.0561. The maximum absolute atomic E-state index is 12.0. The molecule has 8 nitrogen and oxygen atoms in total. The van der Waals surface area contributed by atoms with Gasteiger partial charge >= 0.3 is 5.97 Å². The number of ether oxygens (including phenoxy) is 1. The van der Waals surface area contributed by atoms with Gasteiger partial charge in [-0.15, -0.1) is 0 Å². The Bertz CT molecular complexity index is 747. The third-order valence-corrected chi connectivity index (χ3v) is 5.69. The van der Waals surface area contributed by atoms with Crippen LogP contribution >= 0.6 is 0 Å². The van der Waals surface area contributed by atoms with E-state index in [9.17, 15) is 22.8 Å². The molecule has 1 N–H and O–H groups in total. The average molecular weight is 368 g/mol. The average Bonchev–Trinajstić information content (AvgIpc) is 2.97. The summed E-state index contributed by atoms with van der Waals surface area (Å²) in [5.74, 6) is -1.66. The topological polar surface area (TPSA) is 110 Å². The van der Waals surface area contributed by atoms with Crippen LogP contribution in [0.15, 0.2) is 30.3 Å². The highest BCUT2D eigenvalue weighted by Crippen LogP contribution is 2.16. The molecule has 25 heavy (non-hydrogen) atoms. The number of sulfone groups is 1. The number of esters is 1. The lowest BCUT2D eigenvalue weighted by Gasteiger charge is -2.23. The SMILES string of the molecule is CN(C(=O)COC(=O)CNC(=O)c1ccccc1)[C@H]1CCS(=O)(=O)C1. The normalized spacial score (nSPS) is 18.4. The highest BCUT2D eigenvalue weighted by Gasteiger charge is 2.32. The molecule has 1 aliphatic heterocycles. The number of likely N-dealkylation sites (N-methyl/N-ethyl adjacent to an activating group) is 1. The molecule has 0 aliphatic carbocycles. The first-order chi connectivity index (χ1) is 11.8. The highest BCUT2D eigenvalue weighted by atomic mass is 32.2. The second kappa shape index (κ2) is 8.11. The van der Waals surface area contributed by atoms with E-state index in [1.165, 1.54) is 11.9 Å². The van der Waals surface area contributed by atoms with E-state index in [4.69, 9.17) is 4.74 Å². The fourth-order valence-electron chi connectivity index (χ4n) is 2.42. The molecule has 0 aromatic heterocycles. The molecule has 0 saturated carbocycles. The van der Waals surface area contributed by atoms with Crippen molar-refractivity contribution in [3.05, 3.63) is 35.9 Å². The van der Waals surface area contributed by atoms with Crippen molar-refractivity contribution in [3.63, 3.8) is 0 Å². The summed E-state index contributed by atoms with van der Waals surface area (Å²) < 4.78 is 27.7. The van der Waals surface area contributed by atoms with Gasteiger partial charge in [0.25, 0.3) is 11.8 Å². The van der Waals surface area contributed by atoms with Crippen LogP contribution in [0.4, 0.5) is 0 Å². The van der Waals surface area contributed by atoms with Crippen molar-refractivity contribution in [3.8, 4) is 0 Å². The maximum Gasteiger partial charge on any atom is 0.325 e. The van der Waals surface area contributed by atoms with Gasteiger partial charge in [0.2, 0.25) is 0 Å². The van der Waals surface area contributed by atoms with E-state index in [2.05, 4.69) is 5.32 Å². The number of rotatable bonds is 6. The Hall–Kier alpha value is -2.42. The number of carbonyl (C=O) groups excluding carboxylic acids is 3. The Balaban J connectivity index is 1.72. The van der Waals surface area contributed by atoms with Crippen LogP contribution in [0.25, 0.3) is 0 Å². The van der Waals surface area contributed by atoms with Crippen LogP contribution in [0.5, 0.6) is 0 Å². The predicted octanol–water partition coefficient (Wildman–Crippen LogP) is -0.395. The van der Waals surface area contributed by atoms with Gasteiger partial charge in [0.1, 0.15) is 6.54 Å². The third kappa shape index (κ3) is 5.56. The molecule has 1 atom stereocenters.